The van der Waals surface area contributed by atoms with Crippen molar-refractivity contribution in [3.63, 3.8) is 0 Å². The fourth-order valence-electron chi connectivity index (χ4n) is 1.32. The van der Waals surface area contributed by atoms with Crippen molar-refractivity contribution in [2.75, 3.05) is 20.1 Å². The van der Waals surface area contributed by atoms with Crippen molar-refractivity contribution in [2.45, 2.75) is 26.3 Å². The molecule has 0 aliphatic carbocycles. The minimum atomic E-state index is -1.42. The van der Waals surface area contributed by atoms with E-state index in [1.165, 1.54) is 7.05 Å². The first-order valence-corrected chi connectivity index (χ1v) is 6.43. The summed E-state index contributed by atoms with van der Waals surface area (Å²) in [7, 11) is 1.34. The zero-order valence-corrected chi connectivity index (χ0v) is 12.4. The van der Waals surface area contributed by atoms with E-state index in [-0.39, 0.29) is 18.4 Å². The van der Waals surface area contributed by atoms with Crippen molar-refractivity contribution in [3.05, 3.63) is 0 Å². The number of carbonyl (C=O) groups is 4. The van der Waals surface area contributed by atoms with Gasteiger partial charge < -0.3 is 26.4 Å². The molecule has 0 saturated carbocycles. The fourth-order valence-corrected chi connectivity index (χ4v) is 1.32. The number of likely N-dealkylation sites (N-methyl/N-ethyl adjacent to an activating group) is 1. The summed E-state index contributed by atoms with van der Waals surface area (Å²) < 4.78 is 0. The van der Waals surface area contributed by atoms with Gasteiger partial charge in [-0.15, -0.1) is 0 Å². The first-order chi connectivity index (χ1) is 9.63. The van der Waals surface area contributed by atoms with Crippen LogP contribution in [0.3, 0.4) is 0 Å². The molecule has 0 aliphatic rings. The van der Waals surface area contributed by atoms with E-state index in [0.717, 1.165) is 4.90 Å². The second-order valence-electron chi connectivity index (χ2n) is 5.06. The lowest BCUT2D eigenvalue weighted by Gasteiger charge is -2.20. The third-order valence-corrected chi connectivity index (χ3v) is 2.44. The lowest BCUT2D eigenvalue weighted by molar-refractivity contribution is -0.140. The Morgan fingerprint density at radius 2 is 1.81 bits per heavy atom. The summed E-state index contributed by atoms with van der Waals surface area (Å²) in [5, 5.41) is 13.6. The molecular formula is C12H22N4O5. The van der Waals surface area contributed by atoms with Crippen molar-refractivity contribution in [1.29, 1.82) is 0 Å². The number of amides is 4. The number of carboxylic acids is 1. The third-order valence-electron chi connectivity index (χ3n) is 2.44. The highest BCUT2D eigenvalue weighted by atomic mass is 16.4. The summed E-state index contributed by atoms with van der Waals surface area (Å²) in [6, 6.07) is -2.19. The number of carbonyl (C=O) groups excluding carboxylic acids is 3. The number of aliphatic carboxylic acids is 1. The Balaban J connectivity index is 4.39. The van der Waals surface area contributed by atoms with Gasteiger partial charge in [0.15, 0.2) is 0 Å². The second kappa shape index (κ2) is 8.77. The van der Waals surface area contributed by atoms with Gasteiger partial charge in [-0.25, -0.2) is 9.59 Å². The maximum Gasteiger partial charge on any atom is 0.326 e. The summed E-state index contributed by atoms with van der Waals surface area (Å²) in [5.74, 6) is -2.30. The number of primary amides is 1. The summed E-state index contributed by atoms with van der Waals surface area (Å²) in [6.45, 7) is 4.12. The van der Waals surface area contributed by atoms with Gasteiger partial charge in [0.1, 0.15) is 12.6 Å². The van der Waals surface area contributed by atoms with E-state index in [1.54, 1.807) is 0 Å². The van der Waals surface area contributed by atoms with Gasteiger partial charge in [0.2, 0.25) is 11.8 Å². The molecule has 0 fully saturated rings. The Labute approximate surface area is 122 Å². The first-order valence-electron chi connectivity index (χ1n) is 6.43. The normalized spacial score (nSPS) is 11.6. The highest BCUT2D eigenvalue weighted by Crippen LogP contribution is 1.95. The zero-order chi connectivity index (χ0) is 16.6. The molecule has 120 valence electrons. The largest absolute Gasteiger partial charge is 0.480 e. The van der Waals surface area contributed by atoms with Crippen LogP contribution in [0.4, 0.5) is 4.79 Å². The molecule has 0 heterocycles. The summed E-state index contributed by atoms with van der Waals surface area (Å²) in [4.78, 5) is 45.9. The average Bonchev–Trinajstić information content (AvgIpc) is 2.34. The van der Waals surface area contributed by atoms with Crippen LogP contribution in [0.15, 0.2) is 0 Å². The maximum atomic E-state index is 11.7. The standard InChI is InChI=1S/C12H22N4O5/c1-7(2)5-14-10(18)6-16(3)12(21)15-8(11(19)20)4-9(13)17/h7-8H,4-6H2,1-3H3,(H2,13,17)(H,14,18)(H,15,21)(H,19,20). The lowest BCUT2D eigenvalue weighted by atomic mass is 10.2. The summed E-state index contributed by atoms with van der Waals surface area (Å²) in [6.07, 6.45) is -0.519. The number of hydrogen-bond donors (Lipinski definition) is 4. The van der Waals surface area contributed by atoms with E-state index >= 15 is 0 Å². The fraction of sp³-hybridized carbons (Fsp3) is 0.667. The molecule has 4 amide bonds. The molecule has 0 rings (SSSR count). The molecule has 21 heavy (non-hydrogen) atoms. The maximum absolute atomic E-state index is 11.7. The number of nitrogens with two attached hydrogens (primary N) is 1. The number of hydrogen-bond acceptors (Lipinski definition) is 4. The summed E-state index contributed by atoms with van der Waals surface area (Å²) >= 11 is 0. The van der Waals surface area contributed by atoms with Crippen molar-refractivity contribution < 1.29 is 24.3 Å². The monoisotopic (exact) mass is 302 g/mol. The molecule has 1 atom stereocenters. The van der Waals surface area contributed by atoms with Gasteiger partial charge in [-0.05, 0) is 5.92 Å². The van der Waals surface area contributed by atoms with Crippen LogP contribution >= 0.6 is 0 Å². The van der Waals surface area contributed by atoms with Gasteiger partial charge in [0.05, 0.1) is 6.42 Å². The number of nitrogens with zero attached hydrogens (tertiary/aromatic N) is 1. The highest BCUT2D eigenvalue weighted by Gasteiger charge is 2.24. The third kappa shape index (κ3) is 8.45. The molecule has 1 unspecified atom stereocenters. The molecule has 0 aliphatic heterocycles. The molecule has 0 aromatic carbocycles. The Hall–Kier alpha value is -2.32. The molecule has 0 aromatic heterocycles. The second-order valence-corrected chi connectivity index (χ2v) is 5.06. The molecule has 9 heteroatoms. The van der Waals surface area contributed by atoms with Gasteiger partial charge in [-0.3, -0.25) is 9.59 Å². The number of urea groups is 1. The van der Waals surface area contributed by atoms with Crippen molar-refractivity contribution in [3.8, 4) is 0 Å². The molecule has 5 N–H and O–H groups in total. The van der Waals surface area contributed by atoms with E-state index in [0.29, 0.717) is 6.54 Å². The van der Waals surface area contributed by atoms with E-state index in [4.69, 9.17) is 10.8 Å². The Morgan fingerprint density at radius 1 is 1.24 bits per heavy atom. The minimum Gasteiger partial charge on any atom is -0.480 e. The number of rotatable bonds is 8. The SMILES string of the molecule is CC(C)CNC(=O)CN(C)C(=O)NC(CC(N)=O)C(=O)O. The van der Waals surface area contributed by atoms with Crippen molar-refractivity contribution in [2.24, 2.45) is 11.7 Å². The number of nitrogens with one attached hydrogen (secondary N) is 2. The molecule has 0 bridgehead atoms. The topological polar surface area (TPSA) is 142 Å². The van der Waals surface area contributed by atoms with Gasteiger partial charge in [0, 0.05) is 13.6 Å². The van der Waals surface area contributed by atoms with Crippen LogP contribution in [0, 0.1) is 5.92 Å². The van der Waals surface area contributed by atoms with Gasteiger partial charge in [-0.1, -0.05) is 13.8 Å². The van der Waals surface area contributed by atoms with Crippen LogP contribution in [-0.4, -0.2) is 60.0 Å². The van der Waals surface area contributed by atoms with Crippen LogP contribution in [0.5, 0.6) is 0 Å². The van der Waals surface area contributed by atoms with Crippen molar-refractivity contribution >= 4 is 23.8 Å². The first kappa shape index (κ1) is 18.7. The zero-order valence-electron chi connectivity index (χ0n) is 12.4. The number of carboxylic acid groups (broad SMARTS) is 1. The van der Waals surface area contributed by atoms with E-state index in [2.05, 4.69) is 10.6 Å². The lowest BCUT2D eigenvalue weighted by Crippen LogP contribution is -2.50. The summed E-state index contributed by atoms with van der Waals surface area (Å²) in [5.41, 5.74) is 4.90. The van der Waals surface area contributed by atoms with Crippen LogP contribution in [0.25, 0.3) is 0 Å². The molecular weight excluding hydrogens is 280 g/mol. The predicted molar refractivity (Wildman–Crippen MR) is 74.2 cm³/mol. The molecule has 0 radical (unpaired) electrons. The van der Waals surface area contributed by atoms with E-state index in [1.807, 2.05) is 13.8 Å². The van der Waals surface area contributed by atoms with Crippen LogP contribution in [0.2, 0.25) is 0 Å². The van der Waals surface area contributed by atoms with Crippen molar-refractivity contribution in [1.82, 2.24) is 15.5 Å². The van der Waals surface area contributed by atoms with Crippen LogP contribution in [-0.2, 0) is 14.4 Å². The van der Waals surface area contributed by atoms with Gasteiger partial charge in [-0.2, -0.15) is 0 Å². The average molecular weight is 302 g/mol. The Bertz CT molecular complexity index is 410. The Kier molecular flexibility index (Phi) is 7.80. The van der Waals surface area contributed by atoms with E-state index in [9.17, 15) is 19.2 Å². The Morgan fingerprint density at radius 3 is 2.24 bits per heavy atom. The predicted octanol–water partition coefficient (Wildman–Crippen LogP) is -1.27. The molecule has 9 nitrogen and oxygen atoms in total. The van der Waals surface area contributed by atoms with Gasteiger partial charge in [0.25, 0.3) is 0 Å². The quantitative estimate of drug-likeness (QED) is 0.442. The molecule has 0 aromatic rings. The van der Waals surface area contributed by atoms with E-state index < -0.39 is 30.4 Å². The van der Waals surface area contributed by atoms with Gasteiger partial charge >= 0.3 is 12.0 Å². The molecule has 0 saturated heterocycles. The van der Waals surface area contributed by atoms with Crippen LogP contribution < -0.4 is 16.4 Å². The van der Waals surface area contributed by atoms with Crippen LogP contribution in [0.1, 0.15) is 20.3 Å². The minimum absolute atomic E-state index is 0.221. The smallest absolute Gasteiger partial charge is 0.326 e. The highest BCUT2D eigenvalue weighted by molar-refractivity contribution is 5.89. The molecule has 0 spiro atoms.